The first-order valence-electron chi connectivity index (χ1n) is 11.7. The molecule has 2 aromatic carbocycles. The normalized spacial score (nSPS) is 15.1. The highest BCUT2D eigenvalue weighted by Gasteiger charge is 2.31. The van der Waals surface area contributed by atoms with Crippen molar-refractivity contribution in [3.63, 3.8) is 0 Å². The summed E-state index contributed by atoms with van der Waals surface area (Å²) in [5, 5.41) is 3.07. The molecule has 0 spiro atoms. The topological polar surface area (TPSA) is 86.8 Å². The fraction of sp³-hybridized carbons (Fsp3) is 0.462. The molecule has 0 heterocycles. The van der Waals surface area contributed by atoms with Crippen molar-refractivity contribution < 1.29 is 18.0 Å². The van der Waals surface area contributed by atoms with Gasteiger partial charge in [-0.15, -0.1) is 0 Å². The molecule has 1 N–H and O–H groups in total. The van der Waals surface area contributed by atoms with Gasteiger partial charge in [0.15, 0.2) is 0 Å². The van der Waals surface area contributed by atoms with Gasteiger partial charge in [0.05, 0.1) is 11.9 Å². The van der Waals surface area contributed by atoms with Gasteiger partial charge < -0.3 is 10.2 Å². The molecule has 0 aromatic heterocycles. The molecule has 184 valence electrons. The van der Waals surface area contributed by atoms with Gasteiger partial charge in [-0.2, -0.15) is 0 Å². The van der Waals surface area contributed by atoms with E-state index in [0.29, 0.717) is 5.69 Å². The van der Waals surface area contributed by atoms with E-state index < -0.39 is 22.0 Å². The third-order valence-corrected chi connectivity index (χ3v) is 7.45. The van der Waals surface area contributed by atoms with Crippen LogP contribution in [0.5, 0.6) is 0 Å². The molecule has 2 aromatic rings. The van der Waals surface area contributed by atoms with Crippen molar-refractivity contribution >= 4 is 27.5 Å². The van der Waals surface area contributed by atoms with E-state index in [1.807, 2.05) is 44.2 Å². The summed E-state index contributed by atoms with van der Waals surface area (Å²) in [5.41, 5.74) is 3.28. The lowest BCUT2D eigenvalue weighted by molar-refractivity contribution is -0.139. The SMILES string of the molecule is Cc1ccc(CN(C(=O)CN(c2cccc(C)c2)S(C)(=O)=O)[C@H](C)C(=O)NC2CCCC2)cc1. The number of hydrogen-bond acceptors (Lipinski definition) is 4. The third kappa shape index (κ3) is 6.82. The van der Waals surface area contributed by atoms with Crippen LogP contribution in [0.2, 0.25) is 0 Å². The van der Waals surface area contributed by atoms with E-state index in [2.05, 4.69) is 5.32 Å². The molecule has 8 heteroatoms. The Balaban J connectivity index is 1.87. The monoisotopic (exact) mass is 485 g/mol. The van der Waals surface area contributed by atoms with Crippen LogP contribution in [0.15, 0.2) is 48.5 Å². The second kappa shape index (κ2) is 11.0. The molecule has 1 fully saturated rings. The highest BCUT2D eigenvalue weighted by atomic mass is 32.2. The number of amides is 2. The summed E-state index contributed by atoms with van der Waals surface area (Å²) in [5.74, 6) is -0.643. The Bertz CT molecular complexity index is 1110. The zero-order valence-electron chi connectivity index (χ0n) is 20.5. The smallest absolute Gasteiger partial charge is 0.244 e. The fourth-order valence-corrected chi connectivity index (χ4v) is 5.10. The van der Waals surface area contributed by atoms with Gasteiger partial charge in [-0.05, 0) is 56.9 Å². The zero-order chi connectivity index (χ0) is 24.9. The van der Waals surface area contributed by atoms with Gasteiger partial charge in [-0.1, -0.05) is 54.8 Å². The summed E-state index contributed by atoms with van der Waals surface area (Å²) in [6, 6.07) is 14.2. The van der Waals surface area contributed by atoms with E-state index in [0.717, 1.165) is 52.9 Å². The highest BCUT2D eigenvalue weighted by molar-refractivity contribution is 7.92. The maximum absolute atomic E-state index is 13.6. The van der Waals surface area contributed by atoms with Crippen molar-refractivity contribution in [2.45, 2.75) is 65.1 Å². The number of benzene rings is 2. The van der Waals surface area contributed by atoms with Crippen LogP contribution in [0, 0.1) is 13.8 Å². The lowest BCUT2D eigenvalue weighted by Crippen LogP contribution is -2.52. The zero-order valence-corrected chi connectivity index (χ0v) is 21.3. The number of carbonyl (C=O) groups is 2. The Kier molecular flexibility index (Phi) is 8.36. The molecule has 0 unspecified atom stereocenters. The van der Waals surface area contributed by atoms with Gasteiger partial charge in [0, 0.05) is 12.6 Å². The van der Waals surface area contributed by atoms with Crippen molar-refractivity contribution in [2.75, 3.05) is 17.1 Å². The summed E-state index contributed by atoms with van der Waals surface area (Å²) >= 11 is 0. The predicted octanol–water partition coefficient (Wildman–Crippen LogP) is 3.55. The number of aryl methyl sites for hydroxylation is 2. The first-order chi connectivity index (χ1) is 16.0. The number of nitrogens with one attached hydrogen (secondary N) is 1. The molecule has 0 aliphatic heterocycles. The molecule has 7 nitrogen and oxygen atoms in total. The van der Waals surface area contributed by atoms with Gasteiger partial charge in [0.25, 0.3) is 0 Å². The van der Waals surface area contributed by atoms with E-state index in [9.17, 15) is 18.0 Å². The molecule has 0 bridgehead atoms. The minimum absolute atomic E-state index is 0.131. The lowest BCUT2D eigenvalue weighted by Gasteiger charge is -2.32. The predicted molar refractivity (Wildman–Crippen MR) is 135 cm³/mol. The molecule has 2 amide bonds. The molecule has 1 aliphatic carbocycles. The molecule has 34 heavy (non-hydrogen) atoms. The van der Waals surface area contributed by atoms with Gasteiger partial charge in [0.1, 0.15) is 12.6 Å². The molecule has 1 saturated carbocycles. The van der Waals surface area contributed by atoms with Crippen molar-refractivity contribution in [1.29, 1.82) is 0 Å². The van der Waals surface area contributed by atoms with Crippen LogP contribution in [0.25, 0.3) is 0 Å². The average molecular weight is 486 g/mol. The summed E-state index contributed by atoms with van der Waals surface area (Å²) in [7, 11) is -3.72. The largest absolute Gasteiger partial charge is 0.352 e. The van der Waals surface area contributed by atoms with Crippen LogP contribution < -0.4 is 9.62 Å². The number of nitrogens with zero attached hydrogens (tertiary/aromatic N) is 2. The van der Waals surface area contributed by atoms with Crippen LogP contribution >= 0.6 is 0 Å². The number of rotatable bonds is 9. The molecule has 1 aliphatic rings. The standard InChI is InChI=1S/C26H35N3O4S/c1-19-12-14-22(15-13-19)17-28(21(3)26(31)27-23-9-5-6-10-23)25(30)18-29(34(4,32)33)24-11-7-8-20(2)16-24/h7-8,11-16,21,23H,5-6,9-10,17-18H2,1-4H3,(H,27,31)/t21-/m1/s1. The summed E-state index contributed by atoms with van der Waals surface area (Å²) < 4.78 is 26.3. The molecule has 1 atom stereocenters. The Labute approximate surface area is 203 Å². The molecule has 3 rings (SSSR count). The van der Waals surface area contributed by atoms with Gasteiger partial charge in [0.2, 0.25) is 21.8 Å². The van der Waals surface area contributed by atoms with Crippen LogP contribution in [-0.2, 0) is 26.2 Å². The van der Waals surface area contributed by atoms with Gasteiger partial charge in [-0.3, -0.25) is 13.9 Å². The van der Waals surface area contributed by atoms with Crippen LogP contribution in [0.3, 0.4) is 0 Å². The van der Waals surface area contributed by atoms with Crippen molar-refractivity contribution in [3.05, 3.63) is 65.2 Å². The highest BCUT2D eigenvalue weighted by Crippen LogP contribution is 2.21. The number of anilines is 1. The molecular formula is C26H35N3O4S. The summed E-state index contributed by atoms with van der Waals surface area (Å²) in [6.45, 7) is 5.38. The lowest BCUT2D eigenvalue weighted by atomic mass is 10.1. The second-order valence-electron chi connectivity index (χ2n) is 9.28. The minimum Gasteiger partial charge on any atom is -0.352 e. The van der Waals surface area contributed by atoms with Crippen molar-refractivity contribution in [1.82, 2.24) is 10.2 Å². The van der Waals surface area contributed by atoms with E-state index in [1.54, 1.807) is 25.1 Å². The number of sulfonamides is 1. The van der Waals surface area contributed by atoms with E-state index in [4.69, 9.17) is 0 Å². The first-order valence-corrected chi connectivity index (χ1v) is 13.6. The first kappa shape index (κ1) is 25.7. The Hall–Kier alpha value is -2.87. The van der Waals surface area contributed by atoms with Crippen molar-refractivity contribution in [3.8, 4) is 0 Å². The van der Waals surface area contributed by atoms with E-state index in [-0.39, 0.29) is 25.0 Å². The molecule has 0 radical (unpaired) electrons. The number of hydrogen-bond donors (Lipinski definition) is 1. The van der Waals surface area contributed by atoms with Gasteiger partial charge in [-0.25, -0.2) is 8.42 Å². The summed E-state index contributed by atoms with van der Waals surface area (Å²) in [4.78, 5) is 28.1. The van der Waals surface area contributed by atoms with Crippen LogP contribution in [0.1, 0.15) is 49.3 Å². The Morgan fingerprint density at radius 3 is 2.26 bits per heavy atom. The van der Waals surface area contributed by atoms with Gasteiger partial charge >= 0.3 is 0 Å². The minimum atomic E-state index is -3.72. The number of carbonyl (C=O) groups excluding carboxylic acids is 2. The third-order valence-electron chi connectivity index (χ3n) is 6.31. The molecular weight excluding hydrogens is 450 g/mol. The van der Waals surface area contributed by atoms with Crippen LogP contribution in [-0.4, -0.2) is 50.0 Å². The summed E-state index contributed by atoms with van der Waals surface area (Å²) in [6.07, 6.45) is 5.15. The Morgan fingerprint density at radius 2 is 1.68 bits per heavy atom. The maximum atomic E-state index is 13.6. The van der Waals surface area contributed by atoms with E-state index in [1.165, 1.54) is 4.90 Å². The maximum Gasteiger partial charge on any atom is 0.244 e. The van der Waals surface area contributed by atoms with Crippen molar-refractivity contribution in [2.24, 2.45) is 0 Å². The Morgan fingerprint density at radius 1 is 1.03 bits per heavy atom. The molecule has 0 saturated heterocycles. The van der Waals surface area contributed by atoms with E-state index >= 15 is 0 Å². The fourth-order valence-electron chi connectivity index (χ4n) is 4.26. The second-order valence-corrected chi connectivity index (χ2v) is 11.2. The average Bonchev–Trinajstić information content (AvgIpc) is 3.28. The van der Waals surface area contributed by atoms with Crippen LogP contribution in [0.4, 0.5) is 5.69 Å². The quantitative estimate of drug-likeness (QED) is 0.589.